The Morgan fingerprint density at radius 2 is 1.83 bits per heavy atom. The molecule has 120 valence electrons. The van der Waals surface area contributed by atoms with Gasteiger partial charge >= 0.3 is 0 Å². The maximum Gasteiger partial charge on any atom is 0.231 e. The van der Waals surface area contributed by atoms with Gasteiger partial charge in [0, 0.05) is 24.1 Å². The Labute approximate surface area is 131 Å². The number of ether oxygens (including phenoxy) is 4. The quantitative estimate of drug-likeness (QED) is 0.714. The molecule has 1 saturated heterocycles. The molecule has 1 aromatic carbocycles. The molecule has 2 N–H and O–H groups in total. The summed E-state index contributed by atoms with van der Waals surface area (Å²) in [5, 5.41) is 22.2. The molecule has 0 spiro atoms. The number of rotatable bonds is 0. The Hall–Kier alpha value is -2.25. The van der Waals surface area contributed by atoms with Crippen molar-refractivity contribution in [3.05, 3.63) is 29.5 Å². The fraction of sp³-hybridized carbons (Fsp3) is 0.438. The summed E-state index contributed by atoms with van der Waals surface area (Å²) in [5.74, 6) is 1.54. The number of hydrogen-bond acceptors (Lipinski definition) is 7. The highest BCUT2D eigenvalue weighted by atomic mass is 16.7. The number of benzene rings is 1. The van der Waals surface area contributed by atoms with Crippen LogP contribution in [0.5, 0.6) is 17.2 Å². The summed E-state index contributed by atoms with van der Waals surface area (Å²) in [6.07, 6.45) is 0.673. The van der Waals surface area contributed by atoms with Crippen molar-refractivity contribution in [3.8, 4) is 17.2 Å². The van der Waals surface area contributed by atoms with Crippen LogP contribution in [0.2, 0.25) is 0 Å². The lowest BCUT2D eigenvalue weighted by molar-refractivity contribution is -0.207. The summed E-state index contributed by atoms with van der Waals surface area (Å²) in [6.45, 7) is 0.0151. The molecule has 3 atom stereocenters. The Kier molecular flexibility index (Phi) is 2.29. The van der Waals surface area contributed by atoms with Crippen molar-refractivity contribution in [2.45, 2.75) is 30.1 Å². The van der Waals surface area contributed by atoms with Gasteiger partial charge in [-0.25, -0.2) is 0 Å². The molecule has 0 bridgehead atoms. The second-order valence-corrected chi connectivity index (χ2v) is 6.31. The third-order valence-electron chi connectivity index (χ3n) is 4.97. The van der Waals surface area contributed by atoms with Crippen molar-refractivity contribution >= 4 is 5.78 Å². The third kappa shape index (κ3) is 1.53. The van der Waals surface area contributed by atoms with Gasteiger partial charge in [-0.1, -0.05) is 0 Å². The van der Waals surface area contributed by atoms with Crippen LogP contribution in [-0.2, 0) is 15.1 Å². The zero-order chi connectivity index (χ0) is 15.8. The van der Waals surface area contributed by atoms with Gasteiger partial charge in [-0.05, 0) is 12.5 Å². The van der Waals surface area contributed by atoms with E-state index in [0.717, 1.165) is 0 Å². The normalized spacial score (nSPS) is 36.3. The first-order valence-electron chi connectivity index (χ1n) is 7.44. The van der Waals surface area contributed by atoms with Crippen LogP contribution < -0.4 is 14.2 Å². The number of aliphatic hydroxyl groups is 2. The molecule has 7 heteroatoms. The first-order valence-corrected chi connectivity index (χ1v) is 7.44. The Balaban J connectivity index is 1.64. The zero-order valence-electron chi connectivity index (χ0n) is 12.1. The van der Waals surface area contributed by atoms with Gasteiger partial charge in [0.25, 0.3) is 0 Å². The van der Waals surface area contributed by atoms with Gasteiger partial charge in [-0.15, -0.1) is 0 Å². The van der Waals surface area contributed by atoms with Crippen molar-refractivity contribution < 1.29 is 34.0 Å². The summed E-state index contributed by atoms with van der Waals surface area (Å²) in [7, 11) is 0. The molecule has 3 heterocycles. The second-order valence-electron chi connectivity index (χ2n) is 6.31. The molecule has 1 fully saturated rings. The van der Waals surface area contributed by atoms with Crippen LogP contribution in [0.25, 0.3) is 0 Å². The number of carbonyl (C=O) groups excluding carboxylic acids is 1. The van der Waals surface area contributed by atoms with Crippen LogP contribution in [0.4, 0.5) is 0 Å². The number of fused-ring (bicyclic) bond motifs is 6. The van der Waals surface area contributed by atoms with E-state index in [1.807, 2.05) is 0 Å². The van der Waals surface area contributed by atoms with Crippen LogP contribution in [0, 0.1) is 0 Å². The van der Waals surface area contributed by atoms with Gasteiger partial charge in [-0.2, -0.15) is 0 Å². The summed E-state index contributed by atoms with van der Waals surface area (Å²) < 4.78 is 22.1. The Morgan fingerprint density at radius 1 is 1.04 bits per heavy atom. The molecule has 0 aromatic heterocycles. The molecule has 7 nitrogen and oxygen atoms in total. The van der Waals surface area contributed by atoms with Crippen molar-refractivity contribution in [3.63, 3.8) is 0 Å². The molecule has 4 aliphatic rings. The Bertz CT molecular complexity index is 770. The lowest BCUT2D eigenvalue weighted by atomic mass is 9.73. The molecule has 5 rings (SSSR count). The van der Waals surface area contributed by atoms with Crippen molar-refractivity contribution in [1.82, 2.24) is 0 Å². The maximum atomic E-state index is 11.6. The number of carbonyl (C=O) groups is 1. The third-order valence-corrected chi connectivity index (χ3v) is 4.97. The molecule has 1 aromatic rings. The van der Waals surface area contributed by atoms with E-state index < -0.39 is 17.3 Å². The van der Waals surface area contributed by atoms with E-state index in [1.165, 1.54) is 6.08 Å². The average molecular weight is 318 g/mol. The molecule has 1 aliphatic carbocycles. The predicted molar refractivity (Wildman–Crippen MR) is 74.1 cm³/mol. The largest absolute Gasteiger partial charge is 0.491 e. The van der Waals surface area contributed by atoms with Crippen LogP contribution in [-0.4, -0.2) is 41.1 Å². The number of ketones is 1. The van der Waals surface area contributed by atoms with E-state index in [2.05, 4.69) is 0 Å². The lowest BCUT2D eigenvalue weighted by Gasteiger charge is -2.46. The number of allylic oxidation sites excluding steroid dienone is 1. The molecule has 0 unspecified atom stereocenters. The summed E-state index contributed by atoms with van der Waals surface area (Å²) >= 11 is 0. The molecule has 0 saturated carbocycles. The highest BCUT2D eigenvalue weighted by molar-refractivity contribution is 5.91. The second kappa shape index (κ2) is 3.98. The van der Waals surface area contributed by atoms with E-state index >= 15 is 0 Å². The minimum absolute atomic E-state index is 0.105. The van der Waals surface area contributed by atoms with Gasteiger partial charge in [0.15, 0.2) is 34.6 Å². The molecule has 23 heavy (non-hydrogen) atoms. The molecule has 0 radical (unpaired) electrons. The maximum absolute atomic E-state index is 11.6. The van der Waals surface area contributed by atoms with Crippen molar-refractivity contribution in [1.29, 1.82) is 0 Å². The zero-order valence-corrected chi connectivity index (χ0v) is 12.1. The minimum atomic E-state index is -1.54. The number of hydrogen-bond donors (Lipinski definition) is 2. The molecular weight excluding hydrogens is 304 g/mol. The van der Waals surface area contributed by atoms with Crippen LogP contribution in [0.1, 0.15) is 18.4 Å². The van der Waals surface area contributed by atoms with E-state index in [1.54, 1.807) is 12.1 Å². The van der Waals surface area contributed by atoms with Gasteiger partial charge in [-0.3, -0.25) is 4.79 Å². The van der Waals surface area contributed by atoms with Gasteiger partial charge in [0.1, 0.15) is 18.1 Å². The fourth-order valence-electron chi connectivity index (χ4n) is 3.77. The predicted octanol–water partition coefficient (Wildman–Crippen LogP) is 0.372. The fourth-order valence-corrected chi connectivity index (χ4v) is 3.77. The highest BCUT2D eigenvalue weighted by Gasteiger charge is 2.64. The smallest absolute Gasteiger partial charge is 0.231 e. The van der Waals surface area contributed by atoms with Crippen molar-refractivity contribution in [2.24, 2.45) is 0 Å². The summed E-state index contributed by atoms with van der Waals surface area (Å²) in [4.78, 5) is 11.6. The van der Waals surface area contributed by atoms with E-state index in [0.29, 0.717) is 22.8 Å². The average Bonchev–Trinajstić information content (AvgIpc) is 3.09. The van der Waals surface area contributed by atoms with Gasteiger partial charge in [0.2, 0.25) is 6.79 Å². The lowest BCUT2D eigenvalue weighted by Crippen LogP contribution is -2.62. The summed E-state index contributed by atoms with van der Waals surface area (Å²) in [6, 6.07) is 3.31. The first kappa shape index (κ1) is 13.2. The van der Waals surface area contributed by atoms with E-state index in [4.69, 9.17) is 18.9 Å². The SMILES string of the molecule is O=C1C=C2OC[C@@]3(O)c4cc5c(cc4O[C@H]3[C@@]2(O)CC1)OCO5. The van der Waals surface area contributed by atoms with Gasteiger partial charge < -0.3 is 29.2 Å². The van der Waals surface area contributed by atoms with Crippen LogP contribution in [0.3, 0.4) is 0 Å². The Morgan fingerprint density at radius 3 is 2.65 bits per heavy atom. The first-order chi connectivity index (χ1) is 11.0. The monoisotopic (exact) mass is 318 g/mol. The summed E-state index contributed by atoms with van der Waals surface area (Å²) in [5.41, 5.74) is -2.55. The van der Waals surface area contributed by atoms with Crippen LogP contribution in [0.15, 0.2) is 24.0 Å². The minimum Gasteiger partial charge on any atom is -0.491 e. The topological polar surface area (TPSA) is 94.5 Å². The van der Waals surface area contributed by atoms with Crippen LogP contribution >= 0.6 is 0 Å². The van der Waals surface area contributed by atoms with Gasteiger partial charge in [0.05, 0.1) is 0 Å². The molecule has 0 amide bonds. The van der Waals surface area contributed by atoms with E-state index in [9.17, 15) is 15.0 Å². The van der Waals surface area contributed by atoms with E-state index in [-0.39, 0.29) is 37.8 Å². The molecule has 3 aliphatic heterocycles. The van der Waals surface area contributed by atoms with Crippen molar-refractivity contribution in [2.75, 3.05) is 13.4 Å². The highest BCUT2D eigenvalue weighted by Crippen LogP contribution is 2.55. The molecular formula is C16H14O7. The standard InChI is InChI=1S/C16H14O7/c17-8-1-2-15(18)13(3-8)20-6-16(19)9-4-11-12(22-7-21-11)5-10(9)23-14(15)16/h3-5,14,18-19H,1-2,6-7H2/t14-,15+,16+/m0/s1.